The van der Waals surface area contributed by atoms with Crippen molar-refractivity contribution in [3.05, 3.63) is 35.9 Å². The van der Waals surface area contributed by atoms with Crippen LogP contribution in [0.25, 0.3) is 10.8 Å². The molecule has 3 nitrogen and oxygen atoms in total. The molecule has 0 aliphatic rings. The van der Waals surface area contributed by atoms with Crippen molar-refractivity contribution in [2.45, 2.75) is 20.8 Å². The zero-order chi connectivity index (χ0) is 14.9. The van der Waals surface area contributed by atoms with Crippen LogP contribution in [0.4, 0.5) is 0 Å². The average molecular weight is 272 g/mol. The van der Waals surface area contributed by atoms with E-state index >= 15 is 0 Å². The van der Waals surface area contributed by atoms with Crippen molar-refractivity contribution in [1.82, 2.24) is 0 Å². The van der Waals surface area contributed by atoms with Gasteiger partial charge in [0, 0.05) is 16.2 Å². The average Bonchev–Trinajstić information content (AvgIpc) is 2.43. The normalized spacial score (nSPS) is 11.4. The smallest absolute Gasteiger partial charge is 0.172 e. The van der Waals surface area contributed by atoms with Crippen LogP contribution in [0, 0.1) is 5.41 Å². The van der Waals surface area contributed by atoms with Gasteiger partial charge < -0.3 is 9.47 Å². The Labute approximate surface area is 119 Å². The van der Waals surface area contributed by atoms with Gasteiger partial charge in [-0.15, -0.1) is 0 Å². The summed E-state index contributed by atoms with van der Waals surface area (Å²) in [4.78, 5) is 12.6. The van der Waals surface area contributed by atoms with E-state index in [1.54, 1.807) is 20.3 Å². The van der Waals surface area contributed by atoms with Gasteiger partial charge in [-0.2, -0.15) is 0 Å². The van der Waals surface area contributed by atoms with E-state index in [9.17, 15) is 4.79 Å². The Balaban J connectivity index is 2.81. The second kappa shape index (κ2) is 5.16. The number of ketones is 1. The van der Waals surface area contributed by atoms with E-state index in [0.717, 1.165) is 10.8 Å². The maximum absolute atomic E-state index is 12.6. The van der Waals surface area contributed by atoms with E-state index in [2.05, 4.69) is 0 Å². The molecule has 0 bridgehead atoms. The van der Waals surface area contributed by atoms with E-state index in [4.69, 9.17) is 9.47 Å². The highest BCUT2D eigenvalue weighted by atomic mass is 16.5. The largest absolute Gasteiger partial charge is 0.496 e. The molecular formula is C17H20O3. The van der Waals surface area contributed by atoms with Gasteiger partial charge in [-0.05, 0) is 6.07 Å². The molecule has 3 heteroatoms. The molecule has 2 aromatic rings. The van der Waals surface area contributed by atoms with Gasteiger partial charge in [-0.25, -0.2) is 0 Å². The summed E-state index contributed by atoms with van der Waals surface area (Å²) in [6.07, 6.45) is 0. The Morgan fingerprint density at radius 3 is 2.10 bits per heavy atom. The fourth-order valence-corrected chi connectivity index (χ4v) is 2.28. The number of Topliss-reactive ketones (excluding diaryl/α,β-unsaturated/α-hetero) is 1. The molecule has 2 rings (SSSR count). The summed E-state index contributed by atoms with van der Waals surface area (Å²) in [6.45, 7) is 5.70. The van der Waals surface area contributed by atoms with Crippen molar-refractivity contribution in [1.29, 1.82) is 0 Å². The van der Waals surface area contributed by atoms with E-state index in [1.807, 2.05) is 45.0 Å². The predicted molar refractivity (Wildman–Crippen MR) is 80.8 cm³/mol. The number of carbonyl (C=O) groups is 1. The first-order chi connectivity index (χ1) is 9.40. The molecule has 0 aliphatic carbocycles. The van der Waals surface area contributed by atoms with Gasteiger partial charge >= 0.3 is 0 Å². The molecule has 0 spiro atoms. The van der Waals surface area contributed by atoms with Crippen LogP contribution in [0.5, 0.6) is 11.5 Å². The Bertz CT molecular complexity index is 651. The molecule has 0 unspecified atom stereocenters. The maximum Gasteiger partial charge on any atom is 0.172 e. The van der Waals surface area contributed by atoms with Crippen LogP contribution in [0.2, 0.25) is 0 Å². The second-order valence-electron chi connectivity index (χ2n) is 5.78. The summed E-state index contributed by atoms with van der Waals surface area (Å²) >= 11 is 0. The molecule has 0 N–H and O–H groups in total. The SMILES string of the molecule is COc1cc(C(=O)C(C)(C)C)c(OC)c2ccccc12. The van der Waals surface area contributed by atoms with Gasteiger partial charge in [-0.3, -0.25) is 4.79 Å². The van der Waals surface area contributed by atoms with Crippen LogP contribution < -0.4 is 9.47 Å². The summed E-state index contributed by atoms with van der Waals surface area (Å²) in [6, 6.07) is 9.54. The third-order valence-electron chi connectivity index (χ3n) is 3.31. The van der Waals surface area contributed by atoms with Crippen molar-refractivity contribution in [2.75, 3.05) is 14.2 Å². The molecule has 20 heavy (non-hydrogen) atoms. The number of fused-ring (bicyclic) bond motifs is 1. The van der Waals surface area contributed by atoms with Crippen LogP contribution in [0.1, 0.15) is 31.1 Å². The molecule has 0 heterocycles. The Morgan fingerprint density at radius 1 is 1.00 bits per heavy atom. The predicted octanol–water partition coefficient (Wildman–Crippen LogP) is 4.09. The topological polar surface area (TPSA) is 35.5 Å². The number of benzene rings is 2. The van der Waals surface area contributed by atoms with Crippen molar-refractivity contribution < 1.29 is 14.3 Å². The summed E-state index contributed by atoms with van der Waals surface area (Å²) < 4.78 is 10.9. The second-order valence-corrected chi connectivity index (χ2v) is 5.78. The highest BCUT2D eigenvalue weighted by Gasteiger charge is 2.27. The van der Waals surface area contributed by atoms with Crippen LogP contribution in [0.15, 0.2) is 30.3 Å². The highest BCUT2D eigenvalue weighted by molar-refractivity contribution is 6.08. The van der Waals surface area contributed by atoms with Crippen molar-refractivity contribution in [3.8, 4) is 11.5 Å². The molecule has 0 amide bonds. The molecule has 0 saturated carbocycles. The van der Waals surface area contributed by atoms with Gasteiger partial charge in [0.2, 0.25) is 0 Å². The first kappa shape index (κ1) is 14.4. The van der Waals surface area contributed by atoms with Crippen LogP contribution in [0.3, 0.4) is 0 Å². The van der Waals surface area contributed by atoms with Crippen LogP contribution in [-0.2, 0) is 0 Å². The molecule has 0 aromatic heterocycles. The Morgan fingerprint density at radius 2 is 1.60 bits per heavy atom. The van der Waals surface area contributed by atoms with Crippen molar-refractivity contribution in [2.24, 2.45) is 5.41 Å². The van der Waals surface area contributed by atoms with Crippen LogP contribution >= 0.6 is 0 Å². The van der Waals surface area contributed by atoms with Crippen molar-refractivity contribution >= 4 is 16.6 Å². The zero-order valence-corrected chi connectivity index (χ0v) is 12.6. The minimum Gasteiger partial charge on any atom is -0.496 e. The van der Waals surface area contributed by atoms with E-state index in [0.29, 0.717) is 17.1 Å². The minimum atomic E-state index is -0.471. The molecule has 0 atom stereocenters. The lowest BCUT2D eigenvalue weighted by atomic mass is 9.85. The lowest BCUT2D eigenvalue weighted by Gasteiger charge is -2.20. The number of hydrogen-bond acceptors (Lipinski definition) is 3. The number of carbonyl (C=O) groups excluding carboxylic acids is 1. The summed E-state index contributed by atoms with van der Waals surface area (Å²) in [5.74, 6) is 1.34. The summed E-state index contributed by atoms with van der Waals surface area (Å²) in [5.41, 5.74) is 0.0938. The fourth-order valence-electron chi connectivity index (χ4n) is 2.28. The quantitative estimate of drug-likeness (QED) is 0.790. The van der Waals surface area contributed by atoms with E-state index in [1.165, 1.54) is 0 Å². The Kier molecular flexibility index (Phi) is 3.71. The molecule has 0 aliphatic heterocycles. The third-order valence-corrected chi connectivity index (χ3v) is 3.31. The van der Waals surface area contributed by atoms with Gasteiger partial charge in [0.05, 0.1) is 19.8 Å². The molecule has 0 saturated heterocycles. The molecular weight excluding hydrogens is 252 g/mol. The fraction of sp³-hybridized carbons (Fsp3) is 0.353. The Hall–Kier alpha value is -2.03. The lowest BCUT2D eigenvalue weighted by molar-refractivity contribution is 0.0855. The monoisotopic (exact) mass is 272 g/mol. The highest BCUT2D eigenvalue weighted by Crippen LogP contribution is 2.39. The maximum atomic E-state index is 12.6. The minimum absolute atomic E-state index is 0.0402. The molecule has 0 fully saturated rings. The van der Waals surface area contributed by atoms with Crippen molar-refractivity contribution in [3.63, 3.8) is 0 Å². The number of ether oxygens (including phenoxy) is 2. The first-order valence-electron chi connectivity index (χ1n) is 6.58. The first-order valence-corrected chi connectivity index (χ1v) is 6.58. The van der Waals surface area contributed by atoms with Gasteiger partial charge in [0.15, 0.2) is 5.78 Å². The summed E-state index contributed by atoms with van der Waals surface area (Å²) in [7, 11) is 3.20. The molecule has 106 valence electrons. The summed E-state index contributed by atoms with van der Waals surface area (Å²) in [5, 5.41) is 1.83. The molecule has 0 radical (unpaired) electrons. The lowest BCUT2D eigenvalue weighted by Crippen LogP contribution is -2.21. The number of methoxy groups -OCH3 is 2. The van der Waals surface area contributed by atoms with Gasteiger partial charge in [0.1, 0.15) is 11.5 Å². The molecule has 2 aromatic carbocycles. The number of hydrogen-bond donors (Lipinski definition) is 0. The van der Waals surface area contributed by atoms with Gasteiger partial charge in [0.25, 0.3) is 0 Å². The van der Waals surface area contributed by atoms with Crippen LogP contribution in [-0.4, -0.2) is 20.0 Å². The number of rotatable bonds is 3. The standard InChI is InChI=1S/C17H20O3/c1-17(2,3)16(18)13-10-14(19-4)11-8-6-7-9-12(11)15(13)20-5/h6-10H,1-5H3. The third kappa shape index (κ3) is 2.36. The zero-order valence-electron chi connectivity index (χ0n) is 12.6. The van der Waals surface area contributed by atoms with E-state index < -0.39 is 5.41 Å². The van der Waals surface area contributed by atoms with E-state index in [-0.39, 0.29) is 5.78 Å². The van der Waals surface area contributed by atoms with Gasteiger partial charge in [-0.1, -0.05) is 45.0 Å².